The smallest absolute Gasteiger partial charge is 0.114 e. The molecule has 1 N–H and O–H groups in total. The van der Waals surface area contributed by atoms with E-state index in [1.807, 2.05) is 20.8 Å². The molecule has 0 aliphatic carbocycles. The van der Waals surface area contributed by atoms with Gasteiger partial charge in [0.1, 0.15) is 12.2 Å². The van der Waals surface area contributed by atoms with Gasteiger partial charge in [0.2, 0.25) is 0 Å². The van der Waals surface area contributed by atoms with Gasteiger partial charge in [0.15, 0.2) is 0 Å². The highest BCUT2D eigenvalue weighted by molar-refractivity contribution is 4.98. The summed E-state index contributed by atoms with van der Waals surface area (Å²) in [6, 6.07) is 0. The van der Waals surface area contributed by atoms with E-state index in [1.54, 1.807) is 0 Å². The number of fused-ring (bicyclic) bond motifs is 1. The summed E-state index contributed by atoms with van der Waals surface area (Å²) in [5.74, 6) is 0. The molecule has 3 nitrogen and oxygen atoms in total. The molecule has 3 heteroatoms. The molecule has 0 aromatic heterocycles. The number of hydrogen-bond donors (Lipinski definition) is 1. The Balaban J connectivity index is 0.000000336. The van der Waals surface area contributed by atoms with Crippen molar-refractivity contribution in [1.82, 2.24) is 0 Å². The summed E-state index contributed by atoms with van der Waals surface area (Å²) in [4.78, 5) is 0. The van der Waals surface area contributed by atoms with Crippen LogP contribution in [0.4, 0.5) is 0 Å². The summed E-state index contributed by atoms with van der Waals surface area (Å²) < 4.78 is 10.7. The fourth-order valence-corrected chi connectivity index (χ4v) is 1.74. The van der Waals surface area contributed by atoms with E-state index in [0.29, 0.717) is 6.61 Å². The second kappa shape index (κ2) is 3.73. The Morgan fingerprint density at radius 3 is 2.67 bits per heavy atom. The van der Waals surface area contributed by atoms with E-state index in [4.69, 9.17) is 9.47 Å². The van der Waals surface area contributed by atoms with Gasteiger partial charge in [-0.25, -0.2) is 0 Å². The highest BCUT2D eigenvalue weighted by Crippen LogP contribution is 2.36. The standard InChI is InChI=1S/C7H12O3.C2H6/c1-7-2-3-9-6(7)5(8)4-10-7;1-2/h5-6,8H,2-4H2,1H3;1-2H3/t5-,6-,7-;/m1./s1. The predicted molar refractivity (Wildman–Crippen MR) is 46.1 cm³/mol. The van der Waals surface area contributed by atoms with Gasteiger partial charge in [-0.05, 0) is 6.92 Å². The molecular weight excluding hydrogens is 156 g/mol. The van der Waals surface area contributed by atoms with Gasteiger partial charge < -0.3 is 14.6 Å². The van der Waals surface area contributed by atoms with Crippen LogP contribution < -0.4 is 0 Å². The average Bonchev–Trinajstić information content (AvgIpc) is 2.57. The Morgan fingerprint density at radius 1 is 1.42 bits per heavy atom. The van der Waals surface area contributed by atoms with Gasteiger partial charge in [-0.1, -0.05) is 13.8 Å². The zero-order valence-electron chi connectivity index (χ0n) is 8.04. The highest BCUT2D eigenvalue weighted by Gasteiger charge is 2.50. The maximum absolute atomic E-state index is 9.31. The molecule has 0 aromatic rings. The molecule has 2 aliphatic heterocycles. The number of hydrogen-bond acceptors (Lipinski definition) is 3. The van der Waals surface area contributed by atoms with Crippen LogP contribution in [0.25, 0.3) is 0 Å². The monoisotopic (exact) mass is 174 g/mol. The zero-order valence-corrected chi connectivity index (χ0v) is 8.04. The van der Waals surface area contributed by atoms with Crippen LogP contribution in [0.2, 0.25) is 0 Å². The lowest BCUT2D eigenvalue weighted by Crippen LogP contribution is -2.35. The van der Waals surface area contributed by atoms with Crippen LogP contribution in [0.5, 0.6) is 0 Å². The molecule has 0 radical (unpaired) electrons. The molecule has 3 atom stereocenters. The fourth-order valence-electron chi connectivity index (χ4n) is 1.74. The van der Waals surface area contributed by atoms with Crippen molar-refractivity contribution in [2.24, 2.45) is 0 Å². The molecule has 2 fully saturated rings. The Labute approximate surface area is 73.7 Å². The van der Waals surface area contributed by atoms with E-state index in [0.717, 1.165) is 13.0 Å². The van der Waals surface area contributed by atoms with Crippen LogP contribution in [0.1, 0.15) is 27.2 Å². The molecule has 2 saturated heterocycles. The van der Waals surface area contributed by atoms with Crippen molar-refractivity contribution in [3.8, 4) is 0 Å². The topological polar surface area (TPSA) is 38.7 Å². The average molecular weight is 174 g/mol. The molecule has 0 bridgehead atoms. The third kappa shape index (κ3) is 1.49. The maximum atomic E-state index is 9.31. The minimum absolute atomic E-state index is 0.0764. The van der Waals surface area contributed by atoms with E-state index < -0.39 is 6.10 Å². The van der Waals surface area contributed by atoms with Crippen LogP contribution >= 0.6 is 0 Å². The van der Waals surface area contributed by atoms with Crippen LogP contribution in [0.15, 0.2) is 0 Å². The lowest BCUT2D eigenvalue weighted by atomic mass is 9.98. The van der Waals surface area contributed by atoms with Crippen molar-refractivity contribution in [2.75, 3.05) is 13.2 Å². The van der Waals surface area contributed by atoms with E-state index >= 15 is 0 Å². The van der Waals surface area contributed by atoms with Crippen LogP contribution in [0, 0.1) is 0 Å². The largest absolute Gasteiger partial charge is 0.388 e. The number of aliphatic hydroxyl groups excluding tert-OH is 1. The maximum Gasteiger partial charge on any atom is 0.114 e. The molecule has 2 heterocycles. The lowest BCUT2D eigenvalue weighted by Gasteiger charge is -2.20. The summed E-state index contributed by atoms with van der Waals surface area (Å²) in [6.07, 6.45) is 0.425. The summed E-state index contributed by atoms with van der Waals surface area (Å²) in [7, 11) is 0. The number of rotatable bonds is 0. The van der Waals surface area contributed by atoms with Crippen molar-refractivity contribution >= 4 is 0 Å². The second-order valence-corrected chi connectivity index (χ2v) is 3.23. The zero-order chi connectivity index (χ0) is 9.19. The minimum atomic E-state index is -0.410. The molecule has 0 spiro atoms. The molecule has 0 amide bonds. The molecule has 2 aliphatic rings. The van der Waals surface area contributed by atoms with Gasteiger partial charge in [-0.2, -0.15) is 0 Å². The molecule has 0 aromatic carbocycles. The van der Waals surface area contributed by atoms with Crippen molar-refractivity contribution in [2.45, 2.75) is 45.0 Å². The van der Waals surface area contributed by atoms with Crippen molar-refractivity contribution in [3.05, 3.63) is 0 Å². The van der Waals surface area contributed by atoms with Crippen molar-refractivity contribution in [1.29, 1.82) is 0 Å². The van der Waals surface area contributed by atoms with Gasteiger partial charge in [0.25, 0.3) is 0 Å². The van der Waals surface area contributed by atoms with Crippen LogP contribution in [0.3, 0.4) is 0 Å². The minimum Gasteiger partial charge on any atom is -0.388 e. The van der Waals surface area contributed by atoms with Crippen molar-refractivity contribution in [3.63, 3.8) is 0 Å². The van der Waals surface area contributed by atoms with Crippen molar-refractivity contribution < 1.29 is 14.6 Å². The van der Waals surface area contributed by atoms with E-state index in [2.05, 4.69) is 0 Å². The Hall–Kier alpha value is -0.120. The Morgan fingerprint density at radius 2 is 2.08 bits per heavy atom. The molecule has 0 saturated carbocycles. The first-order valence-corrected chi connectivity index (χ1v) is 4.66. The van der Waals surface area contributed by atoms with E-state index in [-0.39, 0.29) is 11.7 Å². The summed E-state index contributed by atoms with van der Waals surface area (Å²) in [5, 5.41) is 9.31. The quantitative estimate of drug-likeness (QED) is 0.594. The molecule has 0 unspecified atom stereocenters. The van der Waals surface area contributed by atoms with Crippen LogP contribution in [-0.2, 0) is 9.47 Å². The first-order chi connectivity index (χ1) is 5.72. The lowest BCUT2D eigenvalue weighted by molar-refractivity contribution is -0.0145. The number of aliphatic hydroxyl groups is 1. The molecule has 72 valence electrons. The molecule has 2 rings (SSSR count). The van der Waals surface area contributed by atoms with Gasteiger partial charge in [0, 0.05) is 6.42 Å². The summed E-state index contributed by atoms with van der Waals surface area (Å²) >= 11 is 0. The number of ether oxygens (including phenoxy) is 2. The van der Waals surface area contributed by atoms with Crippen LogP contribution in [-0.4, -0.2) is 36.1 Å². The van der Waals surface area contributed by atoms with Gasteiger partial charge in [0.05, 0.1) is 18.8 Å². The van der Waals surface area contributed by atoms with Gasteiger partial charge >= 0.3 is 0 Å². The third-order valence-electron chi connectivity index (χ3n) is 2.43. The van der Waals surface area contributed by atoms with Gasteiger partial charge in [-0.3, -0.25) is 0 Å². The first-order valence-electron chi connectivity index (χ1n) is 4.66. The summed E-state index contributed by atoms with van der Waals surface area (Å²) in [5.41, 5.74) is -0.195. The molecule has 12 heavy (non-hydrogen) atoms. The predicted octanol–water partition coefficient (Wildman–Crippen LogP) is 0.951. The second-order valence-electron chi connectivity index (χ2n) is 3.23. The first kappa shape index (κ1) is 9.96. The highest BCUT2D eigenvalue weighted by atomic mass is 16.6. The van der Waals surface area contributed by atoms with E-state index in [9.17, 15) is 5.11 Å². The Kier molecular flexibility index (Phi) is 3.09. The van der Waals surface area contributed by atoms with E-state index in [1.165, 1.54) is 0 Å². The Bertz CT molecular complexity index is 149. The normalized spacial score (nSPS) is 45.0. The third-order valence-corrected chi connectivity index (χ3v) is 2.43. The van der Waals surface area contributed by atoms with Gasteiger partial charge in [-0.15, -0.1) is 0 Å². The molecular formula is C9H18O3. The SMILES string of the molecule is CC.C[C@@]12CCO[C@@H]1[C@H](O)CO2. The summed E-state index contributed by atoms with van der Waals surface area (Å²) in [6.45, 7) is 7.15. The fraction of sp³-hybridized carbons (Fsp3) is 1.00.